The predicted molar refractivity (Wildman–Crippen MR) is 117 cm³/mol. The van der Waals surface area contributed by atoms with Crippen LogP contribution < -0.4 is 0 Å². The summed E-state index contributed by atoms with van der Waals surface area (Å²) in [4.78, 5) is 59.4. The average molecular weight is 476 g/mol. The normalized spacial score (nSPS) is 24.2. The molecule has 1 fully saturated rings. The molecule has 0 aliphatic carbocycles. The molecule has 1 heterocycles. The molecule has 1 aliphatic heterocycles. The van der Waals surface area contributed by atoms with Crippen molar-refractivity contribution >= 4 is 35.7 Å². The van der Waals surface area contributed by atoms with Crippen LogP contribution in [-0.4, -0.2) is 66.8 Å². The second-order valence-electron chi connectivity index (χ2n) is 7.65. The van der Waals surface area contributed by atoms with Crippen LogP contribution in [0.2, 0.25) is 0 Å². The van der Waals surface area contributed by atoms with Gasteiger partial charge in [0.1, 0.15) is 18.8 Å². The van der Waals surface area contributed by atoms with Crippen molar-refractivity contribution in [3.63, 3.8) is 0 Å². The molecule has 0 radical (unpaired) electrons. The molecule has 0 bridgehead atoms. The molecule has 1 saturated heterocycles. The van der Waals surface area contributed by atoms with Gasteiger partial charge in [-0.2, -0.15) is 0 Å². The lowest BCUT2D eigenvalue weighted by Crippen LogP contribution is -2.62. The van der Waals surface area contributed by atoms with Crippen molar-refractivity contribution in [3.05, 3.63) is 42.0 Å². The molecular formula is C24H28O10. The number of rotatable bonds is 9. The highest BCUT2D eigenvalue weighted by atomic mass is 16.7. The van der Waals surface area contributed by atoms with Gasteiger partial charge in [-0.1, -0.05) is 36.4 Å². The first kappa shape index (κ1) is 26.7. The molecule has 1 aliphatic rings. The Morgan fingerprint density at radius 2 is 1.29 bits per heavy atom. The lowest BCUT2D eigenvalue weighted by Gasteiger charge is -2.44. The number of benzene rings is 1. The van der Waals surface area contributed by atoms with E-state index < -0.39 is 54.4 Å². The Morgan fingerprint density at radius 3 is 1.82 bits per heavy atom. The van der Waals surface area contributed by atoms with Crippen LogP contribution in [0.15, 0.2) is 36.4 Å². The van der Waals surface area contributed by atoms with Gasteiger partial charge >= 0.3 is 23.9 Å². The van der Waals surface area contributed by atoms with Gasteiger partial charge in [0.05, 0.1) is 0 Å². The molecule has 10 nitrogen and oxygen atoms in total. The Balaban J connectivity index is 2.35. The fourth-order valence-corrected chi connectivity index (χ4v) is 3.50. The maximum Gasteiger partial charge on any atom is 0.303 e. The lowest BCUT2D eigenvalue weighted by molar-refractivity contribution is -0.252. The first-order chi connectivity index (χ1) is 16.1. The SMILES string of the molecule is CC(=O)OC[C@H]1O[C@@H](CC(=O)/C=C/c2ccccc2)[C@H](OC(C)=O)[C@@H](OC(C)=O)[C@@H]1OC(C)=O. The van der Waals surface area contributed by atoms with E-state index in [0.29, 0.717) is 0 Å². The van der Waals surface area contributed by atoms with Crippen LogP contribution in [0.4, 0.5) is 0 Å². The van der Waals surface area contributed by atoms with E-state index in [2.05, 4.69) is 0 Å². The summed E-state index contributed by atoms with van der Waals surface area (Å²) in [5, 5.41) is 0. The second-order valence-corrected chi connectivity index (χ2v) is 7.65. The fourth-order valence-electron chi connectivity index (χ4n) is 3.50. The molecule has 0 saturated carbocycles. The van der Waals surface area contributed by atoms with Gasteiger partial charge in [-0.3, -0.25) is 24.0 Å². The van der Waals surface area contributed by atoms with E-state index in [-0.39, 0.29) is 18.8 Å². The second kappa shape index (κ2) is 12.6. The standard InChI is InChI=1S/C24H28O10/c1-14(25)30-13-21-23(32-16(3)27)24(33-17(4)28)22(31-15(2)26)20(34-21)12-19(29)11-10-18-8-6-5-7-9-18/h5-11,20-24H,12-13H2,1-4H3/b11-10+/t20-,21+,22-,23+,24+/m0/s1. The van der Waals surface area contributed by atoms with E-state index in [9.17, 15) is 24.0 Å². The summed E-state index contributed by atoms with van der Waals surface area (Å²) in [5.74, 6) is -3.15. The number of hydrogen-bond donors (Lipinski definition) is 0. The van der Waals surface area contributed by atoms with E-state index in [1.165, 1.54) is 13.0 Å². The van der Waals surface area contributed by atoms with Crippen LogP contribution >= 0.6 is 0 Å². The zero-order valence-corrected chi connectivity index (χ0v) is 19.4. The van der Waals surface area contributed by atoms with Gasteiger partial charge in [0.25, 0.3) is 0 Å². The molecule has 0 amide bonds. The lowest BCUT2D eigenvalue weighted by atomic mass is 9.91. The number of ether oxygens (including phenoxy) is 5. The van der Waals surface area contributed by atoms with E-state index in [4.69, 9.17) is 23.7 Å². The first-order valence-corrected chi connectivity index (χ1v) is 10.6. The highest BCUT2D eigenvalue weighted by Gasteiger charge is 2.52. The number of ketones is 1. The summed E-state index contributed by atoms with van der Waals surface area (Å²) < 4.78 is 26.9. The summed E-state index contributed by atoms with van der Waals surface area (Å²) >= 11 is 0. The van der Waals surface area contributed by atoms with E-state index in [1.54, 1.807) is 6.08 Å². The molecule has 0 aromatic heterocycles. The Morgan fingerprint density at radius 1 is 0.765 bits per heavy atom. The molecule has 0 unspecified atom stereocenters. The molecule has 1 aromatic rings. The number of allylic oxidation sites excluding steroid dienone is 1. The van der Waals surface area contributed by atoms with E-state index in [0.717, 1.165) is 26.3 Å². The third-order valence-electron chi connectivity index (χ3n) is 4.75. The molecule has 2 rings (SSSR count). The van der Waals surface area contributed by atoms with Crippen molar-refractivity contribution in [2.45, 2.75) is 64.6 Å². The van der Waals surface area contributed by atoms with Crippen molar-refractivity contribution in [1.29, 1.82) is 0 Å². The van der Waals surface area contributed by atoms with Gasteiger partial charge in [0.15, 0.2) is 24.1 Å². The molecule has 34 heavy (non-hydrogen) atoms. The maximum atomic E-state index is 12.7. The third kappa shape index (κ3) is 8.43. The molecule has 5 atom stereocenters. The van der Waals surface area contributed by atoms with Crippen molar-refractivity contribution < 1.29 is 47.7 Å². The van der Waals surface area contributed by atoms with E-state index in [1.807, 2.05) is 30.3 Å². The quantitative estimate of drug-likeness (QED) is 0.295. The Bertz CT molecular complexity index is 923. The van der Waals surface area contributed by atoms with Gasteiger partial charge < -0.3 is 23.7 Å². The minimum atomic E-state index is -1.30. The number of carbonyl (C=O) groups excluding carboxylic acids is 5. The monoisotopic (exact) mass is 476 g/mol. The largest absolute Gasteiger partial charge is 0.463 e. The van der Waals surface area contributed by atoms with Crippen molar-refractivity contribution in [1.82, 2.24) is 0 Å². The number of carbonyl (C=O) groups is 5. The fraction of sp³-hybridized carbons (Fsp3) is 0.458. The molecule has 1 aromatic carbocycles. The molecule has 184 valence electrons. The maximum absolute atomic E-state index is 12.7. The topological polar surface area (TPSA) is 132 Å². The van der Waals surface area contributed by atoms with Crippen molar-refractivity contribution in [2.24, 2.45) is 0 Å². The molecule has 10 heteroatoms. The highest BCUT2D eigenvalue weighted by Crippen LogP contribution is 2.31. The summed E-state index contributed by atoms with van der Waals surface area (Å²) in [7, 11) is 0. The van der Waals surface area contributed by atoms with Crippen molar-refractivity contribution in [2.75, 3.05) is 6.61 Å². The zero-order valence-electron chi connectivity index (χ0n) is 19.4. The minimum Gasteiger partial charge on any atom is -0.463 e. The van der Waals surface area contributed by atoms with E-state index >= 15 is 0 Å². The van der Waals surface area contributed by atoms with Crippen LogP contribution in [-0.2, 0) is 47.7 Å². The highest BCUT2D eigenvalue weighted by molar-refractivity contribution is 5.94. The minimum absolute atomic E-state index is 0.248. The summed E-state index contributed by atoms with van der Waals surface area (Å²) in [5.41, 5.74) is 0.803. The van der Waals surface area contributed by atoms with Crippen LogP contribution in [0.1, 0.15) is 39.7 Å². The molecule has 0 spiro atoms. The average Bonchev–Trinajstić information content (AvgIpc) is 2.75. The molecular weight excluding hydrogens is 448 g/mol. The zero-order chi connectivity index (χ0) is 25.3. The van der Waals surface area contributed by atoms with Crippen molar-refractivity contribution in [3.8, 4) is 0 Å². The Hall–Kier alpha value is -3.53. The van der Waals surface area contributed by atoms with Crippen LogP contribution in [0.25, 0.3) is 6.08 Å². The van der Waals surface area contributed by atoms with Gasteiger partial charge in [-0.25, -0.2) is 0 Å². The summed E-state index contributed by atoms with van der Waals surface area (Å²) in [6.07, 6.45) is -3.24. The van der Waals surface area contributed by atoms with Crippen LogP contribution in [0.3, 0.4) is 0 Å². The van der Waals surface area contributed by atoms with Crippen LogP contribution in [0.5, 0.6) is 0 Å². The third-order valence-corrected chi connectivity index (χ3v) is 4.75. The van der Waals surface area contributed by atoms with Crippen LogP contribution in [0, 0.1) is 0 Å². The summed E-state index contributed by atoms with van der Waals surface area (Å²) in [6, 6.07) is 9.13. The summed E-state index contributed by atoms with van der Waals surface area (Å²) in [6.45, 7) is 4.25. The predicted octanol–water partition coefficient (Wildman–Crippen LogP) is 1.78. The number of hydrogen-bond acceptors (Lipinski definition) is 10. The Labute approximate surface area is 197 Å². The smallest absolute Gasteiger partial charge is 0.303 e. The first-order valence-electron chi connectivity index (χ1n) is 10.6. The Kier molecular flexibility index (Phi) is 9.93. The molecule has 0 N–H and O–H groups in total. The van der Waals surface area contributed by atoms with Gasteiger partial charge in [0, 0.05) is 34.1 Å². The van der Waals surface area contributed by atoms with Gasteiger partial charge in [-0.15, -0.1) is 0 Å². The van der Waals surface area contributed by atoms with Gasteiger partial charge in [-0.05, 0) is 11.6 Å². The number of esters is 4. The van der Waals surface area contributed by atoms with Gasteiger partial charge in [0.2, 0.25) is 0 Å².